The van der Waals surface area contributed by atoms with E-state index in [0.717, 1.165) is 10.8 Å². The van der Waals surface area contributed by atoms with Gasteiger partial charge in [0.2, 0.25) is 0 Å². The number of rotatable bonds is 8. The summed E-state index contributed by atoms with van der Waals surface area (Å²) in [6.45, 7) is 15.1. The van der Waals surface area contributed by atoms with E-state index in [1.54, 1.807) is 6.92 Å². The van der Waals surface area contributed by atoms with Crippen LogP contribution in [0.25, 0.3) is 0 Å². The van der Waals surface area contributed by atoms with E-state index >= 15 is 0 Å². The first-order valence-electron chi connectivity index (χ1n) is 5.24. The molecule has 0 rings (SSSR count). The lowest BCUT2D eigenvalue weighted by Gasteiger charge is -2.17. The molecule has 0 amide bonds. The predicted molar refractivity (Wildman–Crippen MR) is 74.9 cm³/mol. The van der Waals surface area contributed by atoms with Crippen molar-refractivity contribution in [3.63, 3.8) is 0 Å². The molecule has 0 fully saturated rings. The van der Waals surface area contributed by atoms with Crippen LogP contribution in [0.1, 0.15) is 19.8 Å². The van der Waals surface area contributed by atoms with E-state index in [9.17, 15) is 16.8 Å². The molecule has 102 valence electrons. The fourth-order valence-electron chi connectivity index (χ4n) is 1.33. The zero-order valence-electron chi connectivity index (χ0n) is 10.4. The summed E-state index contributed by atoms with van der Waals surface area (Å²) in [5.74, 6) is -0.504. The minimum Gasteiger partial charge on any atom is -0.220 e. The van der Waals surface area contributed by atoms with E-state index in [1.807, 2.05) is 0 Å². The van der Waals surface area contributed by atoms with Gasteiger partial charge < -0.3 is 0 Å². The summed E-state index contributed by atoms with van der Waals surface area (Å²) < 4.78 is 46.1. The van der Waals surface area contributed by atoms with E-state index in [2.05, 4.69) is 26.3 Å². The van der Waals surface area contributed by atoms with Crippen LogP contribution in [0.4, 0.5) is 0 Å². The third-order valence-corrected chi connectivity index (χ3v) is 5.54. The van der Waals surface area contributed by atoms with Gasteiger partial charge in [0.1, 0.15) is 0 Å². The molecule has 0 radical (unpaired) electrons. The summed E-state index contributed by atoms with van der Waals surface area (Å²) in [5.41, 5.74) is 0. The summed E-state index contributed by atoms with van der Waals surface area (Å²) in [4.78, 5) is -0.106. The summed E-state index contributed by atoms with van der Waals surface area (Å²) in [7, 11) is -7.18. The van der Waals surface area contributed by atoms with E-state index in [0.29, 0.717) is 6.42 Å². The van der Waals surface area contributed by atoms with Crippen molar-refractivity contribution in [2.24, 2.45) is 5.92 Å². The molecule has 0 heterocycles. The van der Waals surface area contributed by atoms with Crippen molar-refractivity contribution in [1.82, 2.24) is 0 Å². The van der Waals surface area contributed by atoms with Gasteiger partial charge in [0.15, 0.2) is 19.7 Å². The first-order valence-corrected chi connectivity index (χ1v) is 8.33. The van der Waals surface area contributed by atoms with E-state index in [4.69, 9.17) is 0 Å². The highest BCUT2D eigenvalue weighted by Gasteiger charge is 2.24. The Morgan fingerprint density at radius 1 is 1.06 bits per heavy atom. The van der Waals surface area contributed by atoms with Crippen LogP contribution >= 0.6 is 0 Å². The van der Waals surface area contributed by atoms with E-state index in [1.165, 1.54) is 0 Å². The molecular weight excluding hydrogens is 272 g/mol. The van der Waals surface area contributed by atoms with Gasteiger partial charge in [-0.15, -0.1) is 0 Å². The van der Waals surface area contributed by atoms with Crippen molar-refractivity contribution in [3.05, 3.63) is 46.9 Å². The molecule has 6 heteroatoms. The van der Waals surface area contributed by atoms with Gasteiger partial charge >= 0.3 is 0 Å². The molecule has 0 aliphatic carbocycles. The van der Waals surface area contributed by atoms with Gasteiger partial charge in [-0.3, -0.25) is 0 Å². The Labute approximate surface area is 109 Å². The lowest BCUT2D eigenvalue weighted by molar-refractivity contribution is 0.572. The maximum atomic E-state index is 11.6. The zero-order valence-corrected chi connectivity index (χ0v) is 12.1. The average Bonchev–Trinajstić information content (AvgIpc) is 2.34. The largest absolute Gasteiger partial charge is 0.220 e. The molecule has 0 N–H and O–H groups in total. The molecular formula is C12H18O4S2. The van der Waals surface area contributed by atoms with Crippen LogP contribution in [0.5, 0.6) is 0 Å². The number of hydrogen-bond donors (Lipinski definition) is 0. The van der Waals surface area contributed by atoms with E-state index < -0.39 is 25.6 Å². The predicted octanol–water partition coefficient (Wildman–Crippen LogP) is 2.55. The Bertz CT molecular complexity index is 565. The third-order valence-electron chi connectivity index (χ3n) is 2.63. The van der Waals surface area contributed by atoms with Crippen molar-refractivity contribution in [2.45, 2.75) is 19.8 Å². The smallest absolute Gasteiger partial charge is 0.195 e. The average molecular weight is 290 g/mol. The molecule has 0 aliphatic heterocycles. The summed E-state index contributed by atoms with van der Waals surface area (Å²) >= 11 is 0. The SMILES string of the molecule is C=CS(=O)(=O)C(=C)CC(CC)C(=C)S(=O)(=O)C=C. The molecule has 18 heavy (non-hydrogen) atoms. The minimum atomic E-state index is -3.60. The van der Waals surface area contributed by atoms with Crippen molar-refractivity contribution in [1.29, 1.82) is 0 Å². The molecule has 1 atom stereocenters. The quantitative estimate of drug-likeness (QED) is 0.689. The Morgan fingerprint density at radius 2 is 1.50 bits per heavy atom. The van der Waals surface area contributed by atoms with Gasteiger partial charge in [0.25, 0.3) is 0 Å². The summed E-state index contributed by atoms with van der Waals surface area (Å²) in [5, 5.41) is 1.61. The first kappa shape index (κ1) is 16.9. The van der Waals surface area contributed by atoms with Crippen LogP contribution in [0.15, 0.2) is 46.9 Å². The summed E-state index contributed by atoms with van der Waals surface area (Å²) in [6, 6.07) is 0. The van der Waals surface area contributed by atoms with Crippen molar-refractivity contribution in [3.8, 4) is 0 Å². The molecule has 4 nitrogen and oxygen atoms in total. The third kappa shape index (κ3) is 3.96. The van der Waals surface area contributed by atoms with Gasteiger partial charge in [-0.25, -0.2) is 16.8 Å². The lowest BCUT2D eigenvalue weighted by atomic mass is 10.0. The van der Waals surface area contributed by atoms with Crippen molar-refractivity contribution < 1.29 is 16.8 Å². The van der Waals surface area contributed by atoms with Gasteiger partial charge in [-0.1, -0.05) is 33.2 Å². The summed E-state index contributed by atoms with van der Waals surface area (Å²) in [6.07, 6.45) is 0.453. The molecule has 0 saturated carbocycles. The van der Waals surface area contributed by atoms with Crippen molar-refractivity contribution in [2.75, 3.05) is 0 Å². The van der Waals surface area contributed by atoms with Crippen LogP contribution in [0, 0.1) is 5.92 Å². The highest BCUT2D eigenvalue weighted by atomic mass is 32.2. The molecule has 0 saturated heterocycles. The number of hydrogen-bond acceptors (Lipinski definition) is 4. The van der Waals surface area contributed by atoms with Gasteiger partial charge in [0.05, 0.1) is 0 Å². The standard InChI is InChI=1S/C12H18O4S2/c1-6-12(11(5)18(15,16)8-3)9-10(4)17(13,14)7-2/h7-8,12H,2-6,9H2,1H3. The van der Waals surface area contributed by atoms with Crippen LogP contribution in [-0.4, -0.2) is 16.8 Å². The second kappa shape index (κ2) is 6.15. The monoisotopic (exact) mass is 290 g/mol. The first-order chi connectivity index (χ1) is 8.12. The highest BCUT2D eigenvalue weighted by molar-refractivity contribution is 7.98. The Morgan fingerprint density at radius 3 is 1.83 bits per heavy atom. The molecule has 1 unspecified atom stereocenters. The fraction of sp³-hybridized carbons (Fsp3) is 0.333. The van der Waals surface area contributed by atoms with E-state index in [-0.39, 0.29) is 16.2 Å². The molecule has 0 aromatic heterocycles. The maximum absolute atomic E-state index is 11.6. The van der Waals surface area contributed by atoms with Crippen LogP contribution in [0.3, 0.4) is 0 Å². The second-order valence-corrected chi connectivity index (χ2v) is 7.69. The normalized spacial score (nSPS) is 13.6. The molecule has 0 aromatic rings. The number of sulfone groups is 2. The van der Waals surface area contributed by atoms with Crippen LogP contribution in [-0.2, 0) is 19.7 Å². The topological polar surface area (TPSA) is 68.3 Å². The van der Waals surface area contributed by atoms with Gasteiger partial charge in [-0.2, -0.15) is 0 Å². The molecule has 0 aromatic carbocycles. The Kier molecular flexibility index (Phi) is 5.76. The number of allylic oxidation sites excluding steroid dienone is 2. The van der Waals surface area contributed by atoms with Crippen molar-refractivity contribution >= 4 is 19.7 Å². The molecule has 0 spiro atoms. The fourth-order valence-corrected chi connectivity index (χ4v) is 2.93. The van der Waals surface area contributed by atoms with Gasteiger partial charge in [0, 0.05) is 20.6 Å². The Hall–Kier alpha value is -1.14. The minimum absolute atomic E-state index is 0.0107. The van der Waals surface area contributed by atoms with Crippen LogP contribution in [0.2, 0.25) is 0 Å². The lowest BCUT2D eigenvalue weighted by Crippen LogP contribution is -2.13. The highest BCUT2D eigenvalue weighted by Crippen LogP contribution is 2.28. The second-order valence-electron chi connectivity index (χ2n) is 3.74. The van der Waals surface area contributed by atoms with Gasteiger partial charge in [-0.05, 0) is 18.8 Å². The Balaban J connectivity index is 5.19. The molecule has 0 aliphatic rings. The maximum Gasteiger partial charge on any atom is 0.195 e. The van der Waals surface area contributed by atoms with Crippen LogP contribution < -0.4 is 0 Å². The zero-order chi connectivity index (χ0) is 14.6. The molecule has 0 bridgehead atoms.